The van der Waals surface area contributed by atoms with E-state index in [-0.39, 0.29) is 31.0 Å². The summed E-state index contributed by atoms with van der Waals surface area (Å²) >= 11 is 3.05. The molecule has 0 aliphatic heterocycles. The Kier molecular flexibility index (Phi) is 6.62. The van der Waals surface area contributed by atoms with Crippen LogP contribution in [0.25, 0.3) is 0 Å². The second-order valence-corrected chi connectivity index (χ2v) is 4.59. The number of ether oxygens (including phenoxy) is 3. The SMILES string of the molecule is COCOCCn1c(=O)c(Br)cn(CC(=O)OC)c1=O. The zero-order valence-corrected chi connectivity index (χ0v) is 12.7. The zero-order chi connectivity index (χ0) is 15.1. The lowest BCUT2D eigenvalue weighted by Crippen LogP contribution is -2.41. The highest BCUT2D eigenvalue weighted by molar-refractivity contribution is 9.10. The fourth-order valence-corrected chi connectivity index (χ4v) is 1.89. The highest BCUT2D eigenvalue weighted by Crippen LogP contribution is 1.99. The van der Waals surface area contributed by atoms with Gasteiger partial charge in [-0.3, -0.25) is 18.7 Å². The van der Waals surface area contributed by atoms with E-state index in [0.717, 1.165) is 9.13 Å². The summed E-state index contributed by atoms with van der Waals surface area (Å²) in [5, 5.41) is 0. The molecule has 0 saturated carbocycles. The Morgan fingerprint density at radius 2 is 2.05 bits per heavy atom. The fraction of sp³-hybridized carbons (Fsp3) is 0.545. The number of rotatable bonds is 7. The van der Waals surface area contributed by atoms with E-state index in [9.17, 15) is 14.4 Å². The number of carbonyl (C=O) groups excluding carboxylic acids is 1. The molecule has 0 bridgehead atoms. The first kappa shape index (κ1) is 16.6. The third kappa shape index (κ3) is 4.29. The summed E-state index contributed by atoms with van der Waals surface area (Å²) < 4.78 is 16.5. The standard InChI is InChI=1S/C11H15BrN2O6/c1-18-7-20-4-3-14-10(16)8(12)5-13(11(14)17)6-9(15)19-2/h5H,3-4,6-7H2,1-2H3. The maximum atomic E-state index is 12.1. The molecule has 1 rings (SSSR count). The average molecular weight is 351 g/mol. The van der Waals surface area contributed by atoms with Crippen molar-refractivity contribution in [3.63, 3.8) is 0 Å². The van der Waals surface area contributed by atoms with Gasteiger partial charge in [0, 0.05) is 13.3 Å². The first-order valence-corrected chi connectivity index (χ1v) is 6.43. The summed E-state index contributed by atoms with van der Waals surface area (Å²) in [6.07, 6.45) is 1.26. The van der Waals surface area contributed by atoms with Gasteiger partial charge in [-0.2, -0.15) is 0 Å². The molecule has 1 aromatic heterocycles. The molecule has 0 N–H and O–H groups in total. The number of hydrogen-bond acceptors (Lipinski definition) is 6. The molecule has 20 heavy (non-hydrogen) atoms. The largest absolute Gasteiger partial charge is 0.468 e. The van der Waals surface area contributed by atoms with Crippen molar-refractivity contribution < 1.29 is 19.0 Å². The number of halogens is 1. The smallest absolute Gasteiger partial charge is 0.331 e. The molecule has 0 amide bonds. The van der Waals surface area contributed by atoms with Gasteiger partial charge >= 0.3 is 11.7 Å². The van der Waals surface area contributed by atoms with Crippen LogP contribution in [0.3, 0.4) is 0 Å². The van der Waals surface area contributed by atoms with Crippen molar-refractivity contribution in [2.75, 3.05) is 27.6 Å². The minimum absolute atomic E-state index is 0.0572. The maximum Gasteiger partial charge on any atom is 0.331 e. The summed E-state index contributed by atoms with van der Waals surface area (Å²) in [7, 11) is 2.69. The number of esters is 1. The van der Waals surface area contributed by atoms with Gasteiger partial charge in [0.25, 0.3) is 5.56 Å². The van der Waals surface area contributed by atoms with E-state index in [0.29, 0.717) is 0 Å². The van der Waals surface area contributed by atoms with Crippen molar-refractivity contribution in [1.29, 1.82) is 0 Å². The maximum absolute atomic E-state index is 12.1. The average Bonchev–Trinajstić information content (AvgIpc) is 2.43. The zero-order valence-electron chi connectivity index (χ0n) is 11.1. The Morgan fingerprint density at radius 3 is 2.65 bits per heavy atom. The van der Waals surface area contributed by atoms with Crippen molar-refractivity contribution >= 4 is 21.9 Å². The van der Waals surface area contributed by atoms with Crippen LogP contribution >= 0.6 is 15.9 Å². The Balaban J connectivity index is 3.00. The summed E-state index contributed by atoms with van der Waals surface area (Å²) in [4.78, 5) is 35.1. The lowest BCUT2D eigenvalue weighted by atomic mass is 10.5. The Hall–Kier alpha value is -1.45. The number of methoxy groups -OCH3 is 2. The fourth-order valence-electron chi connectivity index (χ4n) is 1.43. The van der Waals surface area contributed by atoms with Crippen LogP contribution in [0.5, 0.6) is 0 Å². The molecule has 0 unspecified atom stereocenters. The summed E-state index contributed by atoms with van der Waals surface area (Å²) in [5.41, 5.74) is -1.10. The third-order valence-electron chi connectivity index (χ3n) is 2.38. The predicted molar refractivity (Wildman–Crippen MR) is 72.5 cm³/mol. The molecular formula is C11H15BrN2O6. The molecule has 1 aromatic rings. The summed E-state index contributed by atoms with van der Waals surface area (Å²) in [6.45, 7) is -0.00838. The van der Waals surface area contributed by atoms with Crippen molar-refractivity contribution in [1.82, 2.24) is 9.13 Å². The Bertz CT molecular complexity index is 579. The van der Waals surface area contributed by atoms with Crippen LogP contribution in [0.4, 0.5) is 0 Å². The van der Waals surface area contributed by atoms with Gasteiger partial charge in [-0.1, -0.05) is 0 Å². The molecule has 0 aliphatic rings. The minimum Gasteiger partial charge on any atom is -0.468 e. The second kappa shape index (κ2) is 7.98. The first-order valence-electron chi connectivity index (χ1n) is 5.64. The van der Waals surface area contributed by atoms with Crippen LogP contribution in [-0.4, -0.2) is 42.7 Å². The third-order valence-corrected chi connectivity index (χ3v) is 2.93. The number of hydrogen-bond donors (Lipinski definition) is 0. The van der Waals surface area contributed by atoms with Crippen LogP contribution < -0.4 is 11.2 Å². The van der Waals surface area contributed by atoms with Crippen LogP contribution in [0.2, 0.25) is 0 Å². The summed E-state index contributed by atoms with van der Waals surface area (Å²) in [5.74, 6) is -0.583. The van der Waals surface area contributed by atoms with Crippen molar-refractivity contribution in [2.24, 2.45) is 0 Å². The molecule has 0 saturated heterocycles. The molecule has 0 aliphatic carbocycles. The van der Waals surface area contributed by atoms with E-state index < -0.39 is 17.2 Å². The lowest BCUT2D eigenvalue weighted by molar-refractivity contribution is -0.141. The van der Waals surface area contributed by atoms with E-state index in [1.165, 1.54) is 20.4 Å². The van der Waals surface area contributed by atoms with Gasteiger partial charge < -0.3 is 14.2 Å². The number of nitrogens with zero attached hydrogens (tertiary/aromatic N) is 2. The van der Waals surface area contributed by atoms with Gasteiger partial charge in [0.2, 0.25) is 0 Å². The van der Waals surface area contributed by atoms with Gasteiger partial charge in [-0.15, -0.1) is 0 Å². The molecule has 8 nitrogen and oxygen atoms in total. The van der Waals surface area contributed by atoms with Gasteiger partial charge in [-0.25, -0.2) is 4.79 Å². The van der Waals surface area contributed by atoms with Gasteiger partial charge in [0.05, 0.1) is 24.7 Å². The monoisotopic (exact) mass is 350 g/mol. The van der Waals surface area contributed by atoms with Crippen LogP contribution in [-0.2, 0) is 32.1 Å². The van der Waals surface area contributed by atoms with Crippen LogP contribution in [0.1, 0.15) is 0 Å². The van der Waals surface area contributed by atoms with Crippen molar-refractivity contribution in [3.05, 3.63) is 31.5 Å². The number of aromatic nitrogens is 2. The highest BCUT2D eigenvalue weighted by Gasteiger charge is 2.12. The normalized spacial score (nSPS) is 10.6. The Labute approximate surface area is 123 Å². The Morgan fingerprint density at radius 1 is 1.35 bits per heavy atom. The first-order chi connectivity index (χ1) is 9.51. The quantitative estimate of drug-likeness (QED) is 0.376. The molecule has 0 atom stereocenters. The molecule has 112 valence electrons. The van der Waals surface area contributed by atoms with E-state index in [4.69, 9.17) is 9.47 Å². The summed E-state index contributed by atoms with van der Waals surface area (Å²) in [6, 6.07) is 0. The molecule has 0 radical (unpaired) electrons. The van der Waals surface area contributed by atoms with E-state index in [1.807, 2.05) is 0 Å². The van der Waals surface area contributed by atoms with Gasteiger partial charge in [-0.05, 0) is 15.9 Å². The topological polar surface area (TPSA) is 88.8 Å². The van der Waals surface area contributed by atoms with E-state index in [2.05, 4.69) is 20.7 Å². The second-order valence-electron chi connectivity index (χ2n) is 3.74. The lowest BCUT2D eigenvalue weighted by Gasteiger charge is -2.10. The highest BCUT2D eigenvalue weighted by atomic mass is 79.9. The van der Waals surface area contributed by atoms with Gasteiger partial charge in [0.15, 0.2) is 0 Å². The van der Waals surface area contributed by atoms with Crippen LogP contribution in [0, 0.1) is 0 Å². The molecule has 0 aromatic carbocycles. The van der Waals surface area contributed by atoms with E-state index >= 15 is 0 Å². The molecule has 0 fully saturated rings. The van der Waals surface area contributed by atoms with Gasteiger partial charge in [0.1, 0.15) is 13.3 Å². The van der Waals surface area contributed by atoms with Crippen LogP contribution in [0.15, 0.2) is 20.3 Å². The van der Waals surface area contributed by atoms with E-state index in [1.54, 1.807) is 0 Å². The predicted octanol–water partition coefficient (Wildman–Crippen LogP) is -0.434. The molecular weight excluding hydrogens is 336 g/mol. The van der Waals surface area contributed by atoms with Crippen molar-refractivity contribution in [2.45, 2.75) is 13.1 Å². The minimum atomic E-state index is -0.607. The number of carbonyl (C=O) groups is 1. The molecule has 9 heteroatoms. The van der Waals surface area contributed by atoms with Crippen molar-refractivity contribution in [3.8, 4) is 0 Å². The molecule has 1 heterocycles. The molecule has 0 spiro atoms.